The summed E-state index contributed by atoms with van der Waals surface area (Å²) < 4.78 is 33.5. The van der Waals surface area contributed by atoms with Crippen LogP contribution in [0, 0.1) is 19.7 Å². The minimum atomic E-state index is -1.12. The molecule has 1 amide bonds. The number of hydrogen-bond donors (Lipinski definition) is 3. The molecule has 262 valence electrons. The quantitative estimate of drug-likeness (QED) is 0.103. The van der Waals surface area contributed by atoms with Crippen LogP contribution in [-0.2, 0) is 20.1 Å². The first kappa shape index (κ1) is 35.0. The molecular formula is C39H36ClFN4O6. The van der Waals surface area contributed by atoms with E-state index in [0.717, 1.165) is 11.1 Å². The first-order valence-corrected chi connectivity index (χ1v) is 16.6. The third kappa shape index (κ3) is 7.39. The van der Waals surface area contributed by atoms with Crippen LogP contribution in [-0.4, -0.2) is 45.5 Å². The van der Waals surface area contributed by atoms with Crippen LogP contribution in [0.4, 0.5) is 10.1 Å². The van der Waals surface area contributed by atoms with Gasteiger partial charge in [0.15, 0.2) is 5.69 Å². The summed E-state index contributed by atoms with van der Waals surface area (Å²) in [6.45, 7) is 4.19. The van der Waals surface area contributed by atoms with E-state index in [1.807, 2.05) is 32.0 Å². The largest absolute Gasteiger partial charge is 0.497 e. The number of halogens is 2. The standard InChI is InChI=1S/C39H36ClFN4O6/c1-22-19-26(20-23(2)34(22)40)50-18-8-11-28-27-9-7-10-29(35(27)43-36(28)39(47)48)33-32(21-51-25-16-14-24(49-4)15-17-25)45(3)44-37(33)38(46)42-31-13-6-5-12-30(31)41/h5-7,9-10,12-17,19-20,43H,8,11,18,21H2,1-4H3,(H,42,46)(H,47,48). The third-order valence-corrected chi connectivity index (χ3v) is 9.21. The molecule has 12 heteroatoms. The van der Waals surface area contributed by atoms with Crippen molar-refractivity contribution in [2.75, 3.05) is 19.0 Å². The lowest BCUT2D eigenvalue weighted by atomic mass is 9.97. The molecule has 0 spiro atoms. The van der Waals surface area contributed by atoms with Crippen LogP contribution in [0.2, 0.25) is 5.02 Å². The van der Waals surface area contributed by atoms with Gasteiger partial charge < -0.3 is 29.6 Å². The number of nitrogens with one attached hydrogen (secondary N) is 2. The zero-order valence-electron chi connectivity index (χ0n) is 28.5. The summed E-state index contributed by atoms with van der Waals surface area (Å²) in [5, 5.41) is 18.8. The molecule has 0 fully saturated rings. The second kappa shape index (κ2) is 15.0. The molecule has 0 aliphatic rings. The van der Waals surface area contributed by atoms with Crippen molar-refractivity contribution in [1.29, 1.82) is 0 Å². The molecule has 0 atom stereocenters. The molecule has 2 aromatic heterocycles. The third-order valence-electron chi connectivity index (χ3n) is 8.61. The fourth-order valence-corrected chi connectivity index (χ4v) is 6.20. The number of benzene rings is 4. The lowest BCUT2D eigenvalue weighted by Gasteiger charge is -2.12. The van der Waals surface area contributed by atoms with Crippen molar-refractivity contribution in [3.05, 3.63) is 123 Å². The number of rotatable bonds is 13. The number of methoxy groups -OCH3 is 1. The number of aromatic amines is 1. The Hall–Kier alpha value is -5.81. The van der Waals surface area contributed by atoms with Gasteiger partial charge in [0.25, 0.3) is 5.91 Å². The summed E-state index contributed by atoms with van der Waals surface area (Å²) >= 11 is 6.31. The Morgan fingerprint density at radius 1 is 0.961 bits per heavy atom. The first-order chi connectivity index (χ1) is 24.5. The number of aromatic nitrogens is 3. The van der Waals surface area contributed by atoms with Gasteiger partial charge >= 0.3 is 5.97 Å². The normalized spacial score (nSPS) is 11.1. The van der Waals surface area contributed by atoms with E-state index in [1.165, 1.54) is 22.9 Å². The molecule has 2 heterocycles. The average Bonchev–Trinajstić information content (AvgIpc) is 3.66. The highest BCUT2D eigenvalue weighted by Gasteiger charge is 2.28. The Morgan fingerprint density at radius 2 is 1.67 bits per heavy atom. The highest BCUT2D eigenvalue weighted by atomic mass is 35.5. The number of hydrogen-bond acceptors (Lipinski definition) is 6. The van der Waals surface area contributed by atoms with Crippen LogP contribution in [0.3, 0.4) is 0 Å². The van der Waals surface area contributed by atoms with Gasteiger partial charge in [-0.1, -0.05) is 41.9 Å². The highest BCUT2D eigenvalue weighted by molar-refractivity contribution is 6.32. The van der Waals surface area contributed by atoms with Crippen molar-refractivity contribution < 1.29 is 33.3 Å². The maximum Gasteiger partial charge on any atom is 0.352 e. The Morgan fingerprint density at radius 3 is 2.35 bits per heavy atom. The number of ether oxygens (including phenoxy) is 3. The van der Waals surface area contributed by atoms with Gasteiger partial charge in [0, 0.05) is 28.6 Å². The molecule has 6 rings (SSSR count). The molecule has 0 bridgehead atoms. The van der Waals surface area contributed by atoms with Gasteiger partial charge in [-0.2, -0.15) is 5.10 Å². The zero-order valence-corrected chi connectivity index (χ0v) is 29.2. The number of carbonyl (C=O) groups excluding carboxylic acids is 1. The average molecular weight is 711 g/mol. The van der Waals surface area contributed by atoms with Crippen molar-refractivity contribution in [1.82, 2.24) is 14.8 Å². The number of carboxylic acid groups (broad SMARTS) is 1. The topological polar surface area (TPSA) is 128 Å². The van der Waals surface area contributed by atoms with Crippen LogP contribution in [0.1, 0.15) is 49.8 Å². The predicted octanol–water partition coefficient (Wildman–Crippen LogP) is 8.53. The summed E-state index contributed by atoms with van der Waals surface area (Å²) in [5.41, 5.74) is 4.45. The van der Waals surface area contributed by atoms with E-state index in [2.05, 4.69) is 15.4 Å². The Balaban J connectivity index is 1.38. The van der Waals surface area contributed by atoms with Gasteiger partial charge in [0.2, 0.25) is 0 Å². The van der Waals surface area contributed by atoms with Gasteiger partial charge in [-0.3, -0.25) is 9.48 Å². The number of aryl methyl sites for hydroxylation is 4. The van der Waals surface area contributed by atoms with E-state index in [1.54, 1.807) is 56.6 Å². The number of para-hydroxylation sites is 2. The summed E-state index contributed by atoms with van der Waals surface area (Å²) in [7, 11) is 3.26. The van der Waals surface area contributed by atoms with E-state index >= 15 is 0 Å². The number of amides is 1. The summed E-state index contributed by atoms with van der Waals surface area (Å²) in [6.07, 6.45) is 0.931. The Kier molecular flexibility index (Phi) is 10.3. The van der Waals surface area contributed by atoms with E-state index in [4.69, 9.17) is 25.8 Å². The van der Waals surface area contributed by atoms with Crippen LogP contribution >= 0.6 is 11.6 Å². The van der Waals surface area contributed by atoms with Gasteiger partial charge in [0.1, 0.15) is 35.4 Å². The maximum atomic E-state index is 14.6. The monoisotopic (exact) mass is 710 g/mol. The fraction of sp³-hybridized carbons (Fsp3) is 0.205. The van der Waals surface area contributed by atoms with Gasteiger partial charge in [-0.05, 0) is 91.9 Å². The van der Waals surface area contributed by atoms with E-state index in [9.17, 15) is 19.1 Å². The van der Waals surface area contributed by atoms with Crippen LogP contribution in [0.5, 0.6) is 17.2 Å². The number of H-pyrrole nitrogens is 1. The molecule has 0 unspecified atom stereocenters. The summed E-state index contributed by atoms with van der Waals surface area (Å²) in [6, 6.07) is 22.1. The van der Waals surface area contributed by atoms with Crippen LogP contribution in [0.15, 0.2) is 78.9 Å². The zero-order chi connectivity index (χ0) is 36.2. The van der Waals surface area contributed by atoms with Crippen molar-refractivity contribution in [2.24, 2.45) is 7.05 Å². The van der Waals surface area contributed by atoms with Gasteiger partial charge in [0.05, 0.1) is 30.6 Å². The highest BCUT2D eigenvalue weighted by Crippen LogP contribution is 2.37. The van der Waals surface area contributed by atoms with Crippen molar-refractivity contribution >= 4 is 40.1 Å². The molecule has 3 N–H and O–H groups in total. The molecule has 0 radical (unpaired) electrons. The molecule has 4 aromatic carbocycles. The van der Waals surface area contributed by atoms with E-state index in [0.29, 0.717) is 75.0 Å². The molecular weight excluding hydrogens is 675 g/mol. The first-order valence-electron chi connectivity index (χ1n) is 16.2. The molecule has 6 aromatic rings. The van der Waals surface area contributed by atoms with Crippen LogP contribution < -0.4 is 19.5 Å². The molecule has 10 nitrogen and oxygen atoms in total. The van der Waals surface area contributed by atoms with Crippen LogP contribution in [0.25, 0.3) is 22.0 Å². The van der Waals surface area contributed by atoms with Gasteiger partial charge in [-0.15, -0.1) is 0 Å². The number of fused-ring (bicyclic) bond motifs is 1. The lowest BCUT2D eigenvalue weighted by Crippen LogP contribution is -2.15. The van der Waals surface area contributed by atoms with Crippen molar-refractivity contribution in [3.8, 4) is 28.4 Å². The van der Waals surface area contributed by atoms with E-state index < -0.39 is 17.7 Å². The fourth-order valence-electron chi connectivity index (χ4n) is 6.09. The number of aromatic carboxylic acids is 1. The molecule has 0 saturated carbocycles. The van der Waals surface area contributed by atoms with E-state index in [-0.39, 0.29) is 23.7 Å². The smallest absolute Gasteiger partial charge is 0.352 e. The van der Waals surface area contributed by atoms with Gasteiger partial charge in [-0.25, -0.2) is 9.18 Å². The number of nitrogens with zero attached hydrogens (tertiary/aromatic N) is 2. The molecule has 0 saturated heterocycles. The number of anilines is 1. The molecule has 51 heavy (non-hydrogen) atoms. The SMILES string of the molecule is COc1ccc(OCc2c(-c3cccc4c(CCCOc5cc(C)c(Cl)c(C)c5)c(C(=O)O)[nH]c34)c(C(=O)Nc3ccccc3F)nn2C)cc1. The molecule has 0 aliphatic heterocycles. The predicted molar refractivity (Wildman–Crippen MR) is 194 cm³/mol. The Bertz CT molecular complexity index is 2220. The van der Waals surface area contributed by atoms with Crippen molar-refractivity contribution in [3.63, 3.8) is 0 Å². The minimum Gasteiger partial charge on any atom is -0.497 e. The number of carboxylic acids is 1. The lowest BCUT2D eigenvalue weighted by molar-refractivity contribution is 0.0690. The van der Waals surface area contributed by atoms with Crippen molar-refractivity contribution in [2.45, 2.75) is 33.3 Å². The molecule has 0 aliphatic carbocycles. The second-order valence-electron chi connectivity index (χ2n) is 12.0. The second-order valence-corrected chi connectivity index (χ2v) is 12.4. The Labute approximate surface area is 298 Å². The number of carbonyl (C=O) groups is 2. The minimum absolute atomic E-state index is 0.00481. The maximum absolute atomic E-state index is 14.6. The summed E-state index contributed by atoms with van der Waals surface area (Å²) in [5.74, 6) is -0.451. The summed E-state index contributed by atoms with van der Waals surface area (Å²) in [4.78, 5) is 29.5.